The number of nitrogens with two attached hydrogens (primary N) is 1. The Labute approximate surface area is 81.8 Å². The third kappa shape index (κ3) is 1.25. The van der Waals surface area contributed by atoms with E-state index in [0.717, 1.165) is 11.3 Å². The van der Waals surface area contributed by atoms with Crippen LogP contribution in [0.4, 0.5) is 5.69 Å². The molecule has 4 heteroatoms. The summed E-state index contributed by atoms with van der Waals surface area (Å²) in [5.41, 5.74) is 7.56. The number of fused-ring (bicyclic) bond motifs is 1. The molecule has 1 amide bonds. The molecule has 1 aromatic rings. The van der Waals surface area contributed by atoms with Gasteiger partial charge in [0.15, 0.2) is 0 Å². The lowest BCUT2D eigenvalue weighted by Gasteiger charge is -2.19. The molecule has 72 valence electrons. The lowest BCUT2D eigenvalue weighted by molar-refractivity contribution is 0.100. The van der Waals surface area contributed by atoms with Gasteiger partial charge in [-0.3, -0.25) is 9.79 Å². The number of anilines is 1. The van der Waals surface area contributed by atoms with Crippen molar-refractivity contribution >= 4 is 17.9 Å². The van der Waals surface area contributed by atoms with Gasteiger partial charge >= 0.3 is 0 Å². The number of hydrogen-bond donors (Lipinski definition) is 2. The molecule has 1 aliphatic rings. The number of primary amides is 1. The van der Waals surface area contributed by atoms with Crippen molar-refractivity contribution in [1.82, 2.24) is 0 Å². The maximum Gasteiger partial charge on any atom is 0.250 e. The van der Waals surface area contributed by atoms with Crippen molar-refractivity contribution in [3.63, 3.8) is 0 Å². The quantitative estimate of drug-likeness (QED) is 0.699. The van der Waals surface area contributed by atoms with Gasteiger partial charge in [0.2, 0.25) is 0 Å². The average molecular weight is 189 g/mol. The molecule has 0 saturated carbocycles. The molecule has 0 bridgehead atoms. The number of nitrogens with one attached hydrogen (secondary N) is 1. The van der Waals surface area contributed by atoms with Crippen molar-refractivity contribution in [3.05, 3.63) is 29.3 Å². The predicted molar refractivity (Wildman–Crippen MR) is 55.5 cm³/mol. The second kappa shape index (κ2) is 3.14. The van der Waals surface area contributed by atoms with E-state index in [1.54, 1.807) is 12.4 Å². The number of para-hydroxylation sites is 1. The molecular formula is C10H11N3O. The molecule has 1 unspecified atom stereocenters. The van der Waals surface area contributed by atoms with Crippen LogP contribution in [0.2, 0.25) is 0 Å². The molecular weight excluding hydrogens is 178 g/mol. The number of rotatable bonds is 1. The number of carbonyl (C=O) groups is 1. The van der Waals surface area contributed by atoms with Crippen LogP contribution in [0.5, 0.6) is 0 Å². The largest absolute Gasteiger partial charge is 0.366 e. The minimum Gasteiger partial charge on any atom is -0.366 e. The Bertz CT molecular complexity index is 412. The topological polar surface area (TPSA) is 67.5 Å². The summed E-state index contributed by atoms with van der Waals surface area (Å²) in [4.78, 5) is 15.3. The Morgan fingerprint density at radius 3 is 3.07 bits per heavy atom. The van der Waals surface area contributed by atoms with Gasteiger partial charge in [0.05, 0.1) is 23.6 Å². The second-order valence-electron chi connectivity index (χ2n) is 3.23. The van der Waals surface area contributed by atoms with Gasteiger partial charge in [0.1, 0.15) is 0 Å². The maximum atomic E-state index is 11.1. The summed E-state index contributed by atoms with van der Waals surface area (Å²) in [7, 11) is 0. The molecule has 0 radical (unpaired) electrons. The predicted octanol–water partition coefficient (Wildman–Crippen LogP) is 1.30. The summed E-state index contributed by atoms with van der Waals surface area (Å²) in [6.45, 7) is 1.97. The first-order valence-electron chi connectivity index (χ1n) is 4.41. The molecule has 0 fully saturated rings. The Balaban J connectivity index is 2.59. The van der Waals surface area contributed by atoms with E-state index < -0.39 is 5.91 Å². The first-order valence-corrected chi connectivity index (χ1v) is 4.41. The Kier molecular flexibility index (Phi) is 1.96. The van der Waals surface area contributed by atoms with Gasteiger partial charge in [-0.05, 0) is 13.0 Å². The second-order valence-corrected chi connectivity index (χ2v) is 3.23. The highest BCUT2D eigenvalue weighted by molar-refractivity contribution is 6.02. The first kappa shape index (κ1) is 8.74. The van der Waals surface area contributed by atoms with Gasteiger partial charge in [-0.25, -0.2) is 0 Å². The fourth-order valence-corrected chi connectivity index (χ4v) is 1.58. The van der Waals surface area contributed by atoms with Gasteiger partial charge in [0, 0.05) is 5.56 Å². The van der Waals surface area contributed by atoms with E-state index in [9.17, 15) is 4.79 Å². The molecule has 2 rings (SSSR count). The van der Waals surface area contributed by atoms with Crippen LogP contribution in [0, 0.1) is 0 Å². The summed E-state index contributed by atoms with van der Waals surface area (Å²) in [6, 6.07) is 5.54. The van der Waals surface area contributed by atoms with E-state index in [1.165, 1.54) is 0 Å². The van der Waals surface area contributed by atoms with E-state index in [-0.39, 0.29) is 6.04 Å². The fraction of sp³-hybridized carbons (Fsp3) is 0.200. The molecule has 3 N–H and O–H groups in total. The number of aliphatic imine (C=N–C) groups is 1. The zero-order valence-electron chi connectivity index (χ0n) is 7.82. The summed E-state index contributed by atoms with van der Waals surface area (Å²) in [5, 5.41) is 2.95. The van der Waals surface area contributed by atoms with Gasteiger partial charge in [-0.1, -0.05) is 12.1 Å². The molecule has 1 atom stereocenters. The molecule has 14 heavy (non-hydrogen) atoms. The standard InChI is InChI=1S/C10H11N3O/c1-6-7-3-2-4-8(10(11)14)9(7)13-5-12-6/h2-6H,1H3,(H2,11,14)(H,12,13). The lowest BCUT2D eigenvalue weighted by atomic mass is 10.0. The third-order valence-electron chi connectivity index (χ3n) is 2.32. The van der Waals surface area contributed by atoms with Crippen molar-refractivity contribution < 1.29 is 4.79 Å². The third-order valence-corrected chi connectivity index (χ3v) is 2.32. The Hall–Kier alpha value is -1.84. The Morgan fingerprint density at radius 2 is 2.36 bits per heavy atom. The fourth-order valence-electron chi connectivity index (χ4n) is 1.58. The smallest absolute Gasteiger partial charge is 0.250 e. The van der Waals surface area contributed by atoms with E-state index in [2.05, 4.69) is 10.3 Å². The van der Waals surface area contributed by atoms with Crippen molar-refractivity contribution in [2.24, 2.45) is 10.7 Å². The van der Waals surface area contributed by atoms with Crippen molar-refractivity contribution in [3.8, 4) is 0 Å². The van der Waals surface area contributed by atoms with Crippen LogP contribution >= 0.6 is 0 Å². The number of benzene rings is 1. The van der Waals surface area contributed by atoms with Crippen LogP contribution in [0.1, 0.15) is 28.9 Å². The summed E-state index contributed by atoms with van der Waals surface area (Å²) in [6.07, 6.45) is 1.60. The summed E-state index contributed by atoms with van der Waals surface area (Å²) >= 11 is 0. The molecule has 4 nitrogen and oxygen atoms in total. The number of carbonyl (C=O) groups excluding carboxylic acids is 1. The highest BCUT2D eigenvalue weighted by Gasteiger charge is 2.17. The van der Waals surface area contributed by atoms with E-state index in [1.807, 2.05) is 19.1 Å². The molecule has 1 heterocycles. The van der Waals surface area contributed by atoms with Crippen LogP contribution in [0.15, 0.2) is 23.2 Å². The number of amides is 1. The maximum absolute atomic E-state index is 11.1. The Morgan fingerprint density at radius 1 is 1.57 bits per heavy atom. The molecule has 0 aliphatic carbocycles. The highest BCUT2D eigenvalue weighted by atomic mass is 16.1. The zero-order chi connectivity index (χ0) is 10.1. The summed E-state index contributed by atoms with van der Waals surface area (Å²) in [5.74, 6) is -0.420. The average Bonchev–Trinajstić information content (AvgIpc) is 2.17. The van der Waals surface area contributed by atoms with Gasteiger partial charge in [0.25, 0.3) is 5.91 Å². The first-order chi connectivity index (χ1) is 6.70. The minimum atomic E-state index is -0.420. The highest BCUT2D eigenvalue weighted by Crippen LogP contribution is 2.30. The van der Waals surface area contributed by atoms with Crippen molar-refractivity contribution in [2.45, 2.75) is 13.0 Å². The van der Waals surface area contributed by atoms with Crippen molar-refractivity contribution in [2.75, 3.05) is 5.32 Å². The number of hydrogen-bond acceptors (Lipinski definition) is 3. The van der Waals surface area contributed by atoms with Gasteiger partial charge < -0.3 is 11.1 Å². The van der Waals surface area contributed by atoms with E-state index in [4.69, 9.17) is 5.73 Å². The van der Waals surface area contributed by atoms with Crippen LogP contribution < -0.4 is 11.1 Å². The monoisotopic (exact) mass is 189 g/mol. The summed E-state index contributed by atoms with van der Waals surface area (Å²) < 4.78 is 0. The minimum absolute atomic E-state index is 0.0746. The van der Waals surface area contributed by atoms with Crippen molar-refractivity contribution in [1.29, 1.82) is 0 Å². The lowest BCUT2D eigenvalue weighted by Crippen LogP contribution is -2.17. The van der Waals surface area contributed by atoms with Gasteiger partial charge in [-0.15, -0.1) is 0 Å². The molecule has 0 spiro atoms. The van der Waals surface area contributed by atoms with Crippen LogP contribution in [0.25, 0.3) is 0 Å². The van der Waals surface area contributed by atoms with Crippen LogP contribution in [0.3, 0.4) is 0 Å². The number of nitrogens with zero attached hydrogens (tertiary/aromatic N) is 1. The SMILES string of the molecule is CC1N=CNc2c(C(N)=O)cccc21. The van der Waals surface area contributed by atoms with E-state index in [0.29, 0.717) is 5.56 Å². The molecule has 0 aromatic heterocycles. The zero-order valence-corrected chi connectivity index (χ0v) is 7.82. The normalized spacial score (nSPS) is 18.5. The van der Waals surface area contributed by atoms with Gasteiger partial charge in [-0.2, -0.15) is 0 Å². The molecule has 1 aromatic carbocycles. The molecule has 0 saturated heterocycles. The van der Waals surface area contributed by atoms with E-state index >= 15 is 0 Å². The molecule has 1 aliphatic heterocycles. The van der Waals surface area contributed by atoms with Crippen LogP contribution in [-0.4, -0.2) is 12.2 Å². The van der Waals surface area contributed by atoms with Crippen LogP contribution in [-0.2, 0) is 0 Å².